The van der Waals surface area contributed by atoms with Gasteiger partial charge in [-0.2, -0.15) is 0 Å². The van der Waals surface area contributed by atoms with Gasteiger partial charge in [-0.25, -0.2) is 0 Å². The van der Waals surface area contributed by atoms with Crippen molar-refractivity contribution >= 4 is 11.9 Å². The van der Waals surface area contributed by atoms with E-state index in [0.717, 1.165) is 12.1 Å². The van der Waals surface area contributed by atoms with Crippen LogP contribution in [0.4, 0.5) is 0 Å². The first kappa shape index (κ1) is 5.48. The van der Waals surface area contributed by atoms with Gasteiger partial charge in [0.05, 0.1) is 5.71 Å². The third-order valence-electron chi connectivity index (χ3n) is 1.10. The van der Waals surface area contributed by atoms with Gasteiger partial charge in [-0.05, 0) is 6.42 Å². The zero-order chi connectivity index (χ0) is 5.82. The molecule has 1 heterocycles. The molecule has 0 amide bonds. The van der Waals surface area contributed by atoms with E-state index >= 15 is 0 Å². The zero-order valence-electron chi connectivity index (χ0n) is 5.09. The summed E-state index contributed by atoms with van der Waals surface area (Å²) in [5, 5.41) is 0. The number of aliphatic imine (C=N–C) groups is 2. The third kappa shape index (κ3) is 1.15. The van der Waals surface area contributed by atoms with E-state index in [-0.39, 0.29) is 0 Å². The second kappa shape index (κ2) is 2.60. The Bertz CT molecular complexity index is 124. The Morgan fingerprint density at radius 1 is 1.75 bits per heavy atom. The molecule has 2 heteroatoms. The summed E-state index contributed by atoms with van der Waals surface area (Å²) in [6.45, 7) is 2.81. The molecular formula is C6H10N2. The molecule has 0 aromatic heterocycles. The Morgan fingerprint density at radius 2 is 2.62 bits per heavy atom. The largest absolute Gasteiger partial charge is 0.268 e. The molecule has 0 bridgehead atoms. The van der Waals surface area contributed by atoms with Crippen molar-refractivity contribution in [2.24, 2.45) is 9.98 Å². The SMILES string of the molecule is CCCC1=NCN=C1. The van der Waals surface area contributed by atoms with Gasteiger partial charge in [-0.1, -0.05) is 13.3 Å². The molecule has 1 aliphatic rings. The zero-order valence-corrected chi connectivity index (χ0v) is 5.09. The number of rotatable bonds is 2. The molecule has 0 aromatic rings. The standard InChI is InChI=1S/C6H10N2/c1-2-3-6-4-7-5-8-6/h4H,2-3,5H2,1H3. The number of hydrogen-bond donors (Lipinski definition) is 0. The quantitative estimate of drug-likeness (QED) is 0.511. The van der Waals surface area contributed by atoms with Crippen LogP contribution in [0.1, 0.15) is 19.8 Å². The summed E-state index contributed by atoms with van der Waals surface area (Å²) >= 11 is 0. The molecule has 0 saturated heterocycles. The van der Waals surface area contributed by atoms with E-state index in [1.165, 1.54) is 6.42 Å². The minimum absolute atomic E-state index is 0.662. The van der Waals surface area contributed by atoms with Crippen LogP contribution in [0.25, 0.3) is 0 Å². The fourth-order valence-electron chi connectivity index (χ4n) is 0.718. The lowest BCUT2D eigenvalue weighted by atomic mass is 10.2. The molecule has 0 unspecified atom stereocenters. The number of nitrogens with zero attached hydrogens (tertiary/aromatic N) is 2. The van der Waals surface area contributed by atoms with Crippen LogP contribution in [0.5, 0.6) is 0 Å². The maximum Gasteiger partial charge on any atom is 0.129 e. The molecule has 44 valence electrons. The van der Waals surface area contributed by atoms with Gasteiger partial charge in [0.2, 0.25) is 0 Å². The summed E-state index contributed by atoms with van der Waals surface area (Å²) in [6.07, 6.45) is 4.12. The van der Waals surface area contributed by atoms with Crippen LogP contribution >= 0.6 is 0 Å². The molecule has 1 aliphatic heterocycles. The summed E-state index contributed by atoms with van der Waals surface area (Å²) in [7, 11) is 0. The third-order valence-corrected chi connectivity index (χ3v) is 1.10. The van der Waals surface area contributed by atoms with Crippen molar-refractivity contribution in [3.05, 3.63) is 0 Å². The molecule has 0 radical (unpaired) electrons. The van der Waals surface area contributed by atoms with Crippen LogP contribution in [0.3, 0.4) is 0 Å². The van der Waals surface area contributed by atoms with Crippen molar-refractivity contribution in [2.45, 2.75) is 19.8 Å². The monoisotopic (exact) mass is 110 g/mol. The van der Waals surface area contributed by atoms with Gasteiger partial charge in [-0.3, -0.25) is 9.98 Å². The molecular weight excluding hydrogens is 100 g/mol. The summed E-state index contributed by atoms with van der Waals surface area (Å²) in [5.41, 5.74) is 1.16. The first-order valence-corrected chi connectivity index (χ1v) is 2.96. The second-order valence-corrected chi connectivity index (χ2v) is 1.85. The molecule has 0 aromatic carbocycles. The summed E-state index contributed by atoms with van der Waals surface area (Å²) < 4.78 is 0. The van der Waals surface area contributed by atoms with Crippen LogP contribution in [0, 0.1) is 0 Å². The van der Waals surface area contributed by atoms with Crippen LogP contribution in [0.2, 0.25) is 0 Å². The predicted molar refractivity (Wildman–Crippen MR) is 35.7 cm³/mol. The minimum Gasteiger partial charge on any atom is -0.268 e. The van der Waals surface area contributed by atoms with Crippen molar-refractivity contribution in [3.63, 3.8) is 0 Å². The lowest BCUT2D eigenvalue weighted by molar-refractivity contribution is 0.992. The van der Waals surface area contributed by atoms with E-state index in [1.807, 2.05) is 6.21 Å². The van der Waals surface area contributed by atoms with Gasteiger partial charge in [0.25, 0.3) is 0 Å². The van der Waals surface area contributed by atoms with Crippen LogP contribution < -0.4 is 0 Å². The van der Waals surface area contributed by atoms with Gasteiger partial charge < -0.3 is 0 Å². The van der Waals surface area contributed by atoms with Crippen molar-refractivity contribution in [1.29, 1.82) is 0 Å². The van der Waals surface area contributed by atoms with E-state index in [2.05, 4.69) is 16.9 Å². The van der Waals surface area contributed by atoms with Crippen LogP contribution in [-0.4, -0.2) is 18.6 Å². The predicted octanol–water partition coefficient (Wildman–Crippen LogP) is 1.27. The van der Waals surface area contributed by atoms with Crippen molar-refractivity contribution < 1.29 is 0 Å². The average molecular weight is 110 g/mol. The minimum atomic E-state index is 0.662. The van der Waals surface area contributed by atoms with Gasteiger partial charge in [0, 0.05) is 6.21 Å². The van der Waals surface area contributed by atoms with E-state index < -0.39 is 0 Å². The highest BCUT2D eigenvalue weighted by molar-refractivity contribution is 6.31. The average Bonchev–Trinajstić information content (AvgIpc) is 2.19. The highest BCUT2D eigenvalue weighted by Crippen LogP contribution is 1.94. The Morgan fingerprint density at radius 3 is 3.12 bits per heavy atom. The Labute approximate surface area is 49.3 Å². The summed E-state index contributed by atoms with van der Waals surface area (Å²) in [5.74, 6) is 0. The molecule has 0 N–H and O–H groups in total. The van der Waals surface area contributed by atoms with Gasteiger partial charge in [0.15, 0.2) is 0 Å². The smallest absolute Gasteiger partial charge is 0.129 e. The lowest BCUT2D eigenvalue weighted by Gasteiger charge is -1.87. The number of hydrogen-bond acceptors (Lipinski definition) is 2. The van der Waals surface area contributed by atoms with Crippen molar-refractivity contribution in [2.75, 3.05) is 6.67 Å². The molecule has 0 atom stereocenters. The molecule has 0 saturated carbocycles. The summed E-state index contributed by atoms with van der Waals surface area (Å²) in [6, 6.07) is 0. The maximum absolute atomic E-state index is 4.12. The van der Waals surface area contributed by atoms with E-state index in [9.17, 15) is 0 Å². The molecule has 0 aliphatic carbocycles. The van der Waals surface area contributed by atoms with Crippen molar-refractivity contribution in [3.8, 4) is 0 Å². The molecule has 2 nitrogen and oxygen atoms in total. The Hall–Kier alpha value is -0.660. The van der Waals surface area contributed by atoms with E-state index in [4.69, 9.17) is 0 Å². The van der Waals surface area contributed by atoms with E-state index in [1.54, 1.807) is 0 Å². The van der Waals surface area contributed by atoms with Gasteiger partial charge >= 0.3 is 0 Å². The summed E-state index contributed by atoms with van der Waals surface area (Å²) in [4.78, 5) is 8.07. The first-order chi connectivity index (χ1) is 3.93. The normalized spacial score (nSPS) is 16.9. The molecule has 8 heavy (non-hydrogen) atoms. The fraction of sp³-hybridized carbons (Fsp3) is 0.667. The van der Waals surface area contributed by atoms with Crippen LogP contribution in [-0.2, 0) is 0 Å². The fourth-order valence-corrected chi connectivity index (χ4v) is 0.718. The van der Waals surface area contributed by atoms with Crippen molar-refractivity contribution in [1.82, 2.24) is 0 Å². The Balaban J connectivity index is 2.34. The highest BCUT2D eigenvalue weighted by Gasteiger charge is 1.95. The maximum atomic E-state index is 4.12. The van der Waals surface area contributed by atoms with Gasteiger partial charge in [0.1, 0.15) is 6.67 Å². The second-order valence-electron chi connectivity index (χ2n) is 1.85. The Kier molecular flexibility index (Phi) is 1.78. The van der Waals surface area contributed by atoms with Crippen LogP contribution in [0.15, 0.2) is 9.98 Å². The lowest BCUT2D eigenvalue weighted by Crippen LogP contribution is -1.93. The molecule has 0 spiro atoms. The highest BCUT2D eigenvalue weighted by atomic mass is 15.0. The molecule has 0 fully saturated rings. The van der Waals surface area contributed by atoms with E-state index in [0.29, 0.717) is 6.67 Å². The topological polar surface area (TPSA) is 24.7 Å². The van der Waals surface area contributed by atoms with Gasteiger partial charge in [-0.15, -0.1) is 0 Å². The molecule has 1 rings (SSSR count). The first-order valence-electron chi connectivity index (χ1n) is 2.96.